The molecule has 0 spiro atoms. The number of hydrogen-bond donors (Lipinski definition) is 1. The van der Waals surface area contributed by atoms with E-state index in [1.54, 1.807) is 17.3 Å². The summed E-state index contributed by atoms with van der Waals surface area (Å²) in [5, 5.41) is 2.59. The quantitative estimate of drug-likeness (QED) is 0.495. The lowest BCUT2D eigenvalue weighted by Gasteiger charge is -2.45. The van der Waals surface area contributed by atoms with Gasteiger partial charge in [0.25, 0.3) is 0 Å². The molecule has 178 valence electrons. The minimum atomic E-state index is -0.668. The lowest BCUT2D eigenvalue weighted by Crippen LogP contribution is -2.47. The maximum Gasteiger partial charge on any atom is 0.322 e. The van der Waals surface area contributed by atoms with Crippen molar-refractivity contribution in [3.05, 3.63) is 89.2 Å². The molecule has 0 aliphatic carbocycles. The molecule has 5 nitrogen and oxygen atoms in total. The van der Waals surface area contributed by atoms with Gasteiger partial charge in [0.2, 0.25) is 0 Å². The van der Waals surface area contributed by atoms with Gasteiger partial charge in [0, 0.05) is 60.8 Å². The minimum absolute atomic E-state index is 0.158. The van der Waals surface area contributed by atoms with E-state index in [0.29, 0.717) is 6.54 Å². The Morgan fingerprint density at radius 1 is 1.14 bits per heavy atom. The summed E-state index contributed by atoms with van der Waals surface area (Å²) in [5.41, 5.74) is 3.59. The fraction of sp³-hybridized carbons (Fsp3) is 0.286. The van der Waals surface area contributed by atoms with Crippen LogP contribution in [0.25, 0.3) is 0 Å². The third kappa shape index (κ3) is 4.32. The van der Waals surface area contributed by atoms with Gasteiger partial charge >= 0.3 is 6.03 Å². The second-order valence-electron chi connectivity index (χ2n) is 9.00. The Morgan fingerprint density at radius 2 is 1.97 bits per heavy atom. The third-order valence-corrected chi connectivity index (χ3v) is 7.02. The maximum atomic E-state index is 14.2. The number of carbonyl (C=O) groups is 1. The smallest absolute Gasteiger partial charge is 0.322 e. The number of pyridine rings is 1. The molecule has 1 fully saturated rings. The molecule has 7 heteroatoms. The van der Waals surface area contributed by atoms with Gasteiger partial charge in [-0.2, -0.15) is 0 Å². The first-order valence-corrected chi connectivity index (χ1v) is 11.8. The number of amides is 2. The number of halogens is 2. The van der Waals surface area contributed by atoms with Crippen LogP contribution in [0, 0.1) is 29.4 Å². The number of fused-ring (bicyclic) bond motifs is 3. The standard InChI is InChI=1S/C28H26F2N4O/c1-3-25-21-12-14-34(28(35)32-24-16-20(29)9-10-23(24)30)27(21)22-15-18(8-11-26(22)33(25)2)6-7-19-5-4-13-31-17-19/h4-5,8-11,13,15-17,21,25,27H,3,12,14H2,1-2H3,(H,32,35)/t21-,25+,27?/m1/s1. The number of rotatable bonds is 2. The predicted octanol–water partition coefficient (Wildman–Crippen LogP) is 5.58. The minimum Gasteiger partial charge on any atom is -0.371 e. The van der Waals surface area contributed by atoms with Crippen LogP contribution in [0.4, 0.5) is 25.0 Å². The summed E-state index contributed by atoms with van der Waals surface area (Å²) in [6, 6.07) is 12.6. The van der Waals surface area contributed by atoms with Crippen molar-refractivity contribution in [2.75, 3.05) is 23.8 Å². The Bertz CT molecular complexity index is 1320. The molecule has 3 heterocycles. The van der Waals surface area contributed by atoms with Gasteiger partial charge in [-0.25, -0.2) is 13.6 Å². The molecule has 1 aromatic heterocycles. The number of anilines is 2. The molecule has 3 atom stereocenters. The van der Waals surface area contributed by atoms with E-state index in [4.69, 9.17) is 0 Å². The number of likely N-dealkylation sites (tertiary alicyclic amines) is 1. The molecule has 2 amide bonds. The van der Waals surface area contributed by atoms with Crippen LogP contribution in [-0.2, 0) is 0 Å². The molecule has 1 saturated heterocycles. The van der Waals surface area contributed by atoms with Gasteiger partial charge in [0.1, 0.15) is 11.6 Å². The zero-order valence-electron chi connectivity index (χ0n) is 19.6. The normalized spacial score (nSPS) is 20.5. The fourth-order valence-corrected chi connectivity index (χ4v) is 5.44. The van der Waals surface area contributed by atoms with Crippen molar-refractivity contribution < 1.29 is 13.6 Å². The van der Waals surface area contributed by atoms with Crippen LogP contribution in [0.5, 0.6) is 0 Å². The first-order valence-electron chi connectivity index (χ1n) is 11.8. The van der Waals surface area contributed by atoms with Crippen molar-refractivity contribution >= 4 is 17.4 Å². The first-order chi connectivity index (χ1) is 17.0. The van der Waals surface area contributed by atoms with E-state index in [2.05, 4.69) is 47.1 Å². The maximum absolute atomic E-state index is 14.2. The summed E-state index contributed by atoms with van der Waals surface area (Å²) in [5.74, 6) is 5.30. The van der Waals surface area contributed by atoms with Crippen LogP contribution >= 0.6 is 0 Å². The fourth-order valence-electron chi connectivity index (χ4n) is 5.44. The number of nitrogens with one attached hydrogen (secondary N) is 1. The molecule has 2 aromatic carbocycles. The second-order valence-corrected chi connectivity index (χ2v) is 9.00. The molecule has 1 N–H and O–H groups in total. The highest BCUT2D eigenvalue weighted by Crippen LogP contribution is 2.49. The Balaban J connectivity index is 1.50. The SMILES string of the molecule is CC[C@H]1[C@H]2CCN(C(=O)Nc3cc(F)ccc3F)C2c2cc(C#Cc3cccnc3)ccc2N1C. The van der Waals surface area contributed by atoms with E-state index in [0.717, 1.165) is 53.4 Å². The van der Waals surface area contributed by atoms with E-state index in [9.17, 15) is 13.6 Å². The molecular formula is C28H26F2N4O. The van der Waals surface area contributed by atoms with Crippen LogP contribution in [0.3, 0.4) is 0 Å². The summed E-state index contributed by atoms with van der Waals surface area (Å²) in [6.45, 7) is 2.69. The van der Waals surface area contributed by atoms with Gasteiger partial charge in [-0.3, -0.25) is 4.98 Å². The van der Waals surface area contributed by atoms with Crippen LogP contribution in [-0.4, -0.2) is 35.5 Å². The van der Waals surface area contributed by atoms with E-state index in [1.807, 2.05) is 24.3 Å². The predicted molar refractivity (Wildman–Crippen MR) is 132 cm³/mol. The van der Waals surface area contributed by atoms with Crippen molar-refractivity contribution in [3.63, 3.8) is 0 Å². The van der Waals surface area contributed by atoms with Crippen LogP contribution in [0.2, 0.25) is 0 Å². The molecule has 0 bridgehead atoms. The average molecular weight is 473 g/mol. The van der Waals surface area contributed by atoms with E-state index in [1.165, 1.54) is 0 Å². The Kier molecular flexibility index (Phi) is 6.12. The number of hydrogen-bond acceptors (Lipinski definition) is 3. The summed E-state index contributed by atoms with van der Waals surface area (Å²) in [7, 11) is 2.09. The molecule has 35 heavy (non-hydrogen) atoms. The van der Waals surface area contributed by atoms with Crippen molar-refractivity contribution in [2.45, 2.75) is 31.8 Å². The summed E-state index contributed by atoms with van der Waals surface area (Å²) < 4.78 is 27.9. The Hall–Kier alpha value is -3.92. The Morgan fingerprint density at radius 3 is 2.74 bits per heavy atom. The molecule has 2 aliphatic heterocycles. The molecule has 1 unspecified atom stereocenters. The summed E-state index contributed by atoms with van der Waals surface area (Å²) in [4.78, 5) is 21.4. The number of nitrogens with zero attached hydrogens (tertiary/aromatic N) is 3. The number of urea groups is 1. The highest BCUT2D eigenvalue weighted by molar-refractivity contribution is 5.90. The van der Waals surface area contributed by atoms with Crippen molar-refractivity contribution in [1.29, 1.82) is 0 Å². The number of benzene rings is 2. The summed E-state index contributed by atoms with van der Waals surface area (Å²) in [6.07, 6.45) is 5.19. The lowest BCUT2D eigenvalue weighted by molar-refractivity contribution is 0.191. The van der Waals surface area contributed by atoms with Gasteiger partial charge in [-0.05, 0) is 60.9 Å². The van der Waals surface area contributed by atoms with Crippen molar-refractivity contribution in [1.82, 2.24) is 9.88 Å². The molecule has 3 aromatic rings. The monoisotopic (exact) mass is 472 g/mol. The molecule has 0 radical (unpaired) electrons. The van der Waals surface area contributed by atoms with Crippen LogP contribution < -0.4 is 10.2 Å². The lowest BCUT2D eigenvalue weighted by atomic mass is 9.80. The molecule has 0 saturated carbocycles. The first kappa shape index (κ1) is 22.9. The van der Waals surface area contributed by atoms with Gasteiger partial charge in [0.05, 0.1) is 11.7 Å². The van der Waals surface area contributed by atoms with Crippen LogP contribution in [0.1, 0.15) is 42.5 Å². The van der Waals surface area contributed by atoms with Gasteiger partial charge < -0.3 is 15.1 Å². The van der Waals surface area contributed by atoms with Crippen molar-refractivity contribution in [2.24, 2.45) is 5.92 Å². The highest BCUT2D eigenvalue weighted by Gasteiger charge is 2.47. The van der Waals surface area contributed by atoms with Gasteiger partial charge in [-0.1, -0.05) is 18.8 Å². The average Bonchev–Trinajstić information content (AvgIpc) is 3.31. The molecule has 5 rings (SSSR count). The second kappa shape index (κ2) is 9.38. The van der Waals surface area contributed by atoms with E-state index < -0.39 is 17.7 Å². The van der Waals surface area contributed by atoms with Crippen molar-refractivity contribution in [3.8, 4) is 11.8 Å². The van der Waals surface area contributed by atoms with Crippen LogP contribution in [0.15, 0.2) is 60.9 Å². The highest BCUT2D eigenvalue weighted by atomic mass is 19.1. The zero-order valence-corrected chi connectivity index (χ0v) is 19.6. The zero-order chi connectivity index (χ0) is 24.5. The number of aromatic nitrogens is 1. The van der Waals surface area contributed by atoms with E-state index >= 15 is 0 Å². The van der Waals surface area contributed by atoms with Gasteiger partial charge in [0.15, 0.2) is 0 Å². The third-order valence-electron chi connectivity index (χ3n) is 7.02. The Labute approximate surface area is 203 Å². The van der Waals surface area contributed by atoms with Gasteiger partial charge in [-0.15, -0.1) is 0 Å². The van der Waals surface area contributed by atoms with E-state index in [-0.39, 0.29) is 23.7 Å². The number of carbonyl (C=O) groups excluding carboxylic acids is 1. The topological polar surface area (TPSA) is 48.5 Å². The summed E-state index contributed by atoms with van der Waals surface area (Å²) >= 11 is 0. The molecular weight excluding hydrogens is 446 g/mol. The largest absolute Gasteiger partial charge is 0.371 e. The molecule has 2 aliphatic rings.